The number of aromatic nitrogens is 1. The van der Waals surface area contributed by atoms with E-state index in [1.54, 1.807) is 6.20 Å². The van der Waals surface area contributed by atoms with Crippen LogP contribution in [0.1, 0.15) is 30.4 Å². The van der Waals surface area contributed by atoms with Crippen LogP contribution in [0.25, 0.3) is 0 Å². The van der Waals surface area contributed by atoms with Crippen molar-refractivity contribution < 1.29 is 4.79 Å². The molecule has 2 aromatic rings. The van der Waals surface area contributed by atoms with E-state index in [1.165, 1.54) is 18.4 Å². The van der Waals surface area contributed by atoms with E-state index in [0.29, 0.717) is 17.7 Å². The van der Waals surface area contributed by atoms with Crippen LogP contribution in [-0.4, -0.2) is 46.9 Å². The first-order valence-electron chi connectivity index (χ1n) is 9.65. The van der Waals surface area contributed by atoms with Crippen LogP contribution in [0.15, 0.2) is 54.9 Å². The summed E-state index contributed by atoms with van der Waals surface area (Å²) in [6, 6.07) is 14.7. The maximum atomic E-state index is 12.4. The van der Waals surface area contributed by atoms with Gasteiger partial charge in [-0.2, -0.15) is 0 Å². The van der Waals surface area contributed by atoms with Crippen molar-refractivity contribution in [3.63, 3.8) is 0 Å². The van der Waals surface area contributed by atoms with E-state index in [4.69, 9.17) is 0 Å². The lowest BCUT2D eigenvalue weighted by atomic mass is 9.71. The molecule has 2 fully saturated rings. The number of hydrogen-bond donors (Lipinski definition) is 0. The van der Waals surface area contributed by atoms with Crippen LogP contribution >= 0.6 is 0 Å². The van der Waals surface area contributed by atoms with E-state index in [9.17, 15) is 4.79 Å². The predicted molar refractivity (Wildman–Crippen MR) is 103 cm³/mol. The summed E-state index contributed by atoms with van der Waals surface area (Å²) in [5.74, 6) is 0.297. The van der Waals surface area contributed by atoms with Crippen molar-refractivity contribution in [3.05, 3.63) is 66.0 Å². The third kappa shape index (κ3) is 3.96. The van der Waals surface area contributed by atoms with Crippen molar-refractivity contribution in [2.75, 3.05) is 26.2 Å². The first kappa shape index (κ1) is 17.2. The highest BCUT2D eigenvalue weighted by Crippen LogP contribution is 2.40. The Morgan fingerprint density at radius 2 is 1.73 bits per heavy atom. The zero-order valence-electron chi connectivity index (χ0n) is 15.3. The van der Waals surface area contributed by atoms with Crippen molar-refractivity contribution in [3.8, 4) is 0 Å². The quantitative estimate of drug-likeness (QED) is 0.832. The summed E-state index contributed by atoms with van der Waals surface area (Å²) in [4.78, 5) is 21.2. The van der Waals surface area contributed by atoms with Crippen LogP contribution in [0, 0.1) is 5.41 Å². The van der Waals surface area contributed by atoms with Gasteiger partial charge in [-0.15, -0.1) is 0 Å². The van der Waals surface area contributed by atoms with Crippen molar-refractivity contribution in [2.24, 2.45) is 5.41 Å². The zero-order valence-corrected chi connectivity index (χ0v) is 15.3. The number of pyridine rings is 1. The Kier molecular flexibility index (Phi) is 5.02. The van der Waals surface area contributed by atoms with Crippen LogP contribution in [0.5, 0.6) is 0 Å². The summed E-state index contributed by atoms with van der Waals surface area (Å²) in [6.45, 7) is 5.25. The molecule has 0 atom stereocenters. The topological polar surface area (TPSA) is 36.4 Å². The molecule has 1 aromatic carbocycles. The molecule has 0 saturated carbocycles. The Hall–Kier alpha value is -2.20. The number of carbonyl (C=O) groups excluding carboxylic acids is 1. The molecule has 2 aliphatic rings. The van der Waals surface area contributed by atoms with Gasteiger partial charge >= 0.3 is 0 Å². The lowest BCUT2D eigenvalue weighted by Gasteiger charge is -2.54. The molecule has 1 spiro atoms. The second kappa shape index (κ2) is 7.58. The molecule has 2 saturated heterocycles. The Morgan fingerprint density at radius 3 is 2.42 bits per heavy atom. The highest BCUT2D eigenvalue weighted by molar-refractivity contribution is 5.77. The number of aryl methyl sites for hydroxylation is 1. The van der Waals surface area contributed by atoms with Crippen LogP contribution in [-0.2, 0) is 17.8 Å². The lowest BCUT2D eigenvalue weighted by Crippen LogP contribution is -2.61. The van der Waals surface area contributed by atoms with Gasteiger partial charge in [-0.05, 0) is 49.5 Å². The molecule has 1 amide bonds. The monoisotopic (exact) mass is 349 g/mol. The number of piperidine rings is 1. The standard InChI is InChI=1S/C22H27N3O/c26-21(9-8-19-7-4-12-23-15-19)25-17-22(18-25)10-13-24(14-11-22)16-20-5-2-1-3-6-20/h1-7,12,15H,8-11,13-14,16-18H2. The van der Waals surface area contributed by atoms with Gasteiger partial charge in [-0.1, -0.05) is 36.4 Å². The van der Waals surface area contributed by atoms with E-state index < -0.39 is 0 Å². The minimum absolute atomic E-state index is 0.297. The number of benzene rings is 1. The van der Waals surface area contributed by atoms with Gasteiger partial charge in [0, 0.05) is 43.9 Å². The fourth-order valence-electron chi connectivity index (χ4n) is 4.24. The van der Waals surface area contributed by atoms with Gasteiger partial charge in [0.2, 0.25) is 5.91 Å². The van der Waals surface area contributed by atoms with Gasteiger partial charge in [0.25, 0.3) is 0 Å². The van der Waals surface area contributed by atoms with Crippen molar-refractivity contribution in [2.45, 2.75) is 32.2 Å². The maximum absolute atomic E-state index is 12.4. The Labute approximate surface area is 155 Å². The Morgan fingerprint density at radius 1 is 1.00 bits per heavy atom. The molecule has 0 bridgehead atoms. The maximum Gasteiger partial charge on any atom is 0.222 e. The highest BCUT2D eigenvalue weighted by Gasteiger charge is 2.46. The molecule has 136 valence electrons. The summed E-state index contributed by atoms with van der Waals surface area (Å²) in [7, 11) is 0. The summed E-state index contributed by atoms with van der Waals surface area (Å²) in [5.41, 5.74) is 2.92. The summed E-state index contributed by atoms with van der Waals surface area (Å²) in [5, 5.41) is 0. The molecule has 2 aliphatic heterocycles. The molecule has 4 nitrogen and oxygen atoms in total. The van der Waals surface area contributed by atoms with Gasteiger partial charge in [0.15, 0.2) is 0 Å². The average Bonchev–Trinajstić information content (AvgIpc) is 2.67. The third-order valence-electron chi connectivity index (χ3n) is 5.92. The molecule has 1 aromatic heterocycles. The van der Waals surface area contributed by atoms with Crippen LogP contribution in [0.2, 0.25) is 0 Å². The molecule has 3 heterocycles. The number of hydrogen-bond acceptors (Lipinski definition) is 3. The molecule has 0 unspecified atom stereocenters. The Balaban J connectivity index is 1.20. The number of likely N-dealkylation sites (tertiary alicyclic amines) is 2. The van der Waals surface area contributed by atoms with Crippen molar-refractivity contribution in [1.29, 1.82) is 0 Å². The van der Waals surface area contributed by atoms with Gasteiger partial charge in [-0.3, -0.25) is 14.7 Å². The van der Waals surface area contributed by atoms with Crippen LogP contribution < -0.4 is 0 Å². The van der Waals surface area contributed by atoms with E-state index in [2.05, 4.69) is 45.1 Å². The molecule has 0 aliphatic carbocycles. The molecular weight excluding hydrogens is 322 g/mol. The number of amides is 1. The normalized spacial score (nSPS) is 19.3. The van der Waals surface area contributed by atoms with Gasteiger partial charge in [0.1, 0.15) is 0 Å². The molecule has 4 rings (SSSR count). The lowest BCUT2D eigenvalue weighted by molar-refractivity contribution is -0.146. The summed E-state index contributed by atoms with van der Waals surface area (Å²) < 4.78 is 0. The van der Waals surface area contributed by atoms with E-state index in [-0.39, 0.29) is 0 Å². The largest absolute Gasteiger partial charge is 0.341 e. The van der Waals surface area contributed by atoms with Gasteiger partial charge < -0.3 is 4.90 Å². The second-order valence-corrected chi connectivity index (χ2v) is 7.87. The molecule has 4 heteroatoms. The highest BCUT2D eigenvalue weighted by atomic mass is 16.2. The van der Waals surface area contributed by atoms with Crippen LogP contribution in [0.4, 0.5) is 0 Å². The number of rotatable bonds is 5. The molecule has 0 radical (unpaired) electrons. The van der Waals surface area contributed by atoms with Crippen LogP contribution in [0.3, 0.4) is 0 Å². The average molecular weight is 349 g/mol. The van der Waals surface area contributed by atoms with Crippen molar-refractivity contribution >= 4 is 5.91 Å². The number of carbonyl (C=O) groups is 1. The summed E-state index contributed by atoms with van der Waals surface area (Å²) in [6.07, 6.45) is 7.45. The smallest absolute Gasteiger partial charge is 0.222 e. The minimum Gasteiger partial charge on any atom is -0.341 e. The van der Waals surface area contributed by atoms with E-state index in [0.717, 1.165) is 44.7 Å². The predicted octanol–water partition coefficient (Wildman–Crippen LogP) is 3.14. The second-order valence-electron chi connectivity index (χ2n) is 7.87. The van der Waals surface area contributed by atoms with E-state index >= 15 is 0 Å². The Bertz CT molecular complexity index is 716. The molecular formula is C22H27N3O. The van der Waals surface area contributed by atoms with Gasteiger partial charge in [-0.25, -0.2) is 0 Å². The molecule has 26 heavy (non-hydrogen) atoms. The number of nitrogens with zero attached hydrogens (tertiary/aromatic N) is 3. The summed E-state index contributed by atoms with van der Waals surface area (Å²) >= 11 is 0. The van der Waals surface area contributed by atoms with Gasteiger partial charge in [0.05, 0.1) is 0 Å². The minimum atomic E-state index is 0.297. The first-order valence-corrected chi connectivity index (χ1v) is 9.65. The van der Waals surface area contributed by atoms with Crippen molar-refractivity contribution in [1.82, 2.24) is 14.8 Å². The third-order valence-corrected chi connectivity index (χ3v) is 5.92. The fourth-order valence-corrected chi connectivity index (χ4v) is 4.24. The fraction of sp³-hybridized carbons (Fsp3) is 0.455. The zero-order chi connectivity index (χ0) is 17.8. The first-order chi connectivity index (χ1) is 12.7. The molecule has 0 N–H and O–H groups in total. The SMILES string of the molecule is O=C(CCc1cccnc1)N1CC2(CCN(Cc3ccccc3)CC2)C1. The van der Waals surface area contributed by atoms with E-state index in [1.807, 2.05) is 18.3 Å².